The summed E-state index contributed by atoms with van der Waals surface area (Å²) in [6, 6.07) is 21.7. The van der Waals surface area contributed by atoms with Crippen molar-refractivity contribution in [2.24, 2.45) is 10.7 Å². The maximum absolute atomic E-state index is 13.0. The molecule has 0 unspecified atom stereocenters. The number of carbonyl (C=O) groups excluding carboxylic acids is 3. The summed E-state index contributed by atoms with van der Waals surface area (Å²) in [6.07, 6.45) is 0. The summed E-state index contributed by atoms with van der Waals surface area (Å²) >= 11 is 1.01. The van der Waals surface area contributed by atoms with Gasteiger partial charge in [0.25, 0.3) is 11.8 Å². The van der Waals surface area contributed by atoms with Crippen LogP contribution in [0.2, 0.25) is 0 Å². The molecule has 0 radical (unpaired) electrons. The molecule has 0 spiro atoms. The zero-order valence-electron chi connectivity index (χ0n) is 18.0. The fraction of sp³-hybridized carbons (Fsp3) is 0.0417. The molecule has 3 amide bonds. The second-order valence-corrected chi connectivity index (χ2v) is 7.91. The molecule has 170 valence electrons. The molecule has 4 aromatic rings. The summed E-state index contributed by atoms with van der Waals surface area (Å²) in [5, 5.41) is 7.12. The van der Waals surface area contributed by atoms with Crippen LogP contribution in [0, 0.1) is 0 Å². The van der Waals surface area contributed by atoms with Crippen molar-refractivity contribution < 1.29 is 19.1 Å². The highest BCUT2D eigenvalue weighted by atomic mass is 32.1. The summed E-state index contributed by atoms with van der Waals surface area (Å²) in [5.41, 5.74) is 7.10. The third kappa shape index (κ3) is 5.08. The number of carbonyl (C=O) groups is 3. The van der Waals surface area contributed by atoms with E-state index >= 15 is 0 Å². The number of nitrogens with zero attached hydrogens (tertiary/aromatic N) is 3. The number of amides is 3. The summed E-state index contributed by atoms with van der Waals surface area (Å²) in [5.74, 6) is -0.999. The maximum atomic E-state index is 13.0. The van der Waals surface area contributed by atoms with E-state index in [9.17, 15) is 14.4 Å². The predicted molar refractivity (Wildman–Crippen MR) is 127 cm³/mol. The van der Waals surface area contributed by atoms with Gasteiger partial charge in [0.05, 0.1) is 12.8 Å². The largest absolute Gasteiger partial charge is 0.497 e. The van der Waals surface area contributed by atoms with Crippen LogP contribution < -0.4 is 20.5 Å². The minimum Gasteiger partial charge on any atom is -0.497 e. The highest BCUT2D eigenvalue weighted by Crippen LogP contribution is 2.14. The molecule has 0 saturated heterocycles. The van der Waals surface area contributed by atoms with Crippen LogP contribution in [0.25, 0.3) is 5.69 Å². The highest BCUT2D eigenvalue weighted by molar-refractivity contribution is 7.04. The van der Waals surface area contributed by atoms with Crippen molar-refractivity contribution >= 4 is 34.9 Å². The molecule has 0 bridgehead atoms. The molecule has 0 atom stereocenters. The molecule has 0 aliphatic carbocycles. The third-order valence-corrected chi connectivity index (χ3v) is 5.65. The molecule has 0 saturated carbocycles. The minimum atomic E-state index is -0.556. The number of hydrogen-bond acceptors (Lipinski definition) is 6. The van der Waals surface area contributed by atoms with Gasteiger partial charge in [-0.1, -0.05) is 18.2 Å². The molecule has 3 N–H and O–H groups in total. The van der Waals surface area contributed by atoms with E-state index in [0.29, 0.717) is 28.3 Å². The van der Waals surface area contributed by atoms with E-state index in [0.717, 1.165) is 11.5 Å². The van der Waals surface area contributed by atoms with Crippen LogP contribution in [-0.4, -0.2) is 34.0 Å². The lowest BCUT2D eigenvalue weighted by Gasteiger charge is -2.02. The van der Waals surface area contributed by atoms with Crippen LogP contribution in [0.5, 0.6) is 5.75 Å². The quantitative estimate of drug-likeness (QED) is 0.445. The van der Waals surface area contributed by atoms with Gasteiger partial charge in [0, 0.05) is 16.8 Å². The smallest absolute Gasteiger partial charge is 0.279 e. The SMILES string of the molecule is COc1ccc(C(=O)N=c2sn(-c3ccc(C(N)=O)cc3)nc2C(=O)Nc2ccccc2)cc1. The number of para-hydroxylation sites is 1. The molecule has 4 rings (SSSR count). The van der Waals surface area contributed by atoms with Crippen molar-refractivity contribution in [3.8, 4) is 11.4 Å². The zero-order chi connectivity index (χ0) is 24.1. The van der Waals surface area contributed by atoms with Gasteiger partial charge in [0.15, 0.2) is 10.4 Å². The average Bonchev–Trinajstić information content (AvgIpc) is 3.28. The van der Waals surface area contributed by atoms with Gasteiger partial charge >= 0.3 is 0 Å². The minimum absolute atomic E-state index is 0.0188. The topological polar surface area (TPSA) is 129 Å². The lowest BCUT2D eigenvalue weighted by atomic mass is 10.2. The Hall–Kier alpha value is -4.57. The summed E-state index contributed by atoms with van der Waals surface area (Å²) in [7, 11) is 1.53. The third-order valence-electron chi connectivity index (χ3n) is 4.73. The van der Waals surface area contributed by atoms with Crippen molar-refractivity contribution in [1.82, 2.24) is 9.17 Å². The normalized spacial score (nSPS) is 11.1. The predicted octanol–water partition coefficient (Wildman–Crippen LogP) is 3.03. The number of aromatic nitrogens is 2. The molecule has 10 heteroatoms. The Morgan fingerprint density at radius 3 is 2.21 bits per heavy atom. The van der Waals surface area contributed by atoms with Gasteiger partial charge in [-0.15, -0.1) is 5.10 Å². The van der Waals surface area contributed by atoms with Gasteiger partial charge in [-0.25, -0.2) is 0 Å². The zero-order valence-corrected chi connectivity index (χ0v) is 18.8. The number of methoxy groups -OCH3 is 1. The first-order valence-corrected chi connectivity index (χ1v) is 10.8. The fourth-order valence-corrected chi connectivity index (χ4v) is 3.82. The standard InChI is InChI=1S/C24H19N5O4S/c1-33-19-13-9-16(10-14-19)22(31)27-24-20(23(32)26-17-5-3-2-4-6-17)28-29(34-24)18-11-7-15(8-12-18)21(25)30/h2-14H,1H3,(H2,25,30)(H,26,32). The van der Waals surface area contributed by atoms with Gasteiger partial charge in [-0.2, -0.15) is 9.06 Å². The molecule has 1 aromatic heterocycles. The van der Waals surface area contributed by atoms with E-state index in [-0.39, 0.29) is 10.4 Å². The summed E-state index contributed by atoms with van der Waals surface area (Å²) < 4.78 is 6.70. The molecular weight excluding hydrogens is 454 g/mol. The lowest BCUT2D eigenvalue weighted by Crippen LogP contribution is -2.20. The Bertz CT molecular complexity index is 1410. The molecule has 34 heavy (non-hydrogen) atoms. The first-order chi connectivity index (χ1) is 16.4. The van der Waals surface area contributed by atoms with Crippen molar-refractivity contribution in [3.05, 3.63) is 100 Å². The van der Waals surface area contributed by atoms with E-state index in [1.54, 1.807) is 72.8 Å². The van der Waals surface area contributed by atoms with Crippen LogP contribution in [0.4, 0.5) is 5.69 Å². The van der Waals surface area contributed by atoms with Crippen molar-refractivity contribution in [3.63, 3.8) is 0 Å². The number of nitrogens with two attached hydrogens (primary N) is 1. The Kier molecular flexibility index (Phi) is 6.60. The van der Waals surface area contributed by atoms with Gasteiger partial charge in [-0.3, -0.25) is 14.4 Å². The first-order valence-electron chi connectivity index (χ1n) is 10.0. The number of hydrogen-bond donors (Lipinski definition) is 2. The first kappa shape index (κ1) is 22.6. The Balaban J connectivity index is 1.74. The van der Waals surface area contributed by atoms with Crippen LogP contribution in [0.3, 0.4) is 0 Å². The van der Waals surface area contributed by atoms with Crippen molar-refractivity contribution in [2.45, 2.75) is 0 Å². The summed E-state index contributed by atoms with van der Waals surface area (Å²) in [4.78, 5) is 41.3. The van der Waals surface area contributed by atoms with E-state index in [4.69, 9.17) is 10.5 Å². The average molecular weight is 474 g/mol. The van der Waals surface area contributed by atoms with Crippen LogP contribution in [0.1, 0.15) is 31.2 Å². The van der Waals surface area contributed by atoms with Crippen LogP contribution in [-0.2, 0) is 0 Å². The van der Waals surface area contributed by atoms with Gasteiger partial charge in [-0.05, 0) is 72.2 Å². The highest BCUT2D eigenvalue weighted by Gasteiger charge is 2.18. The number of nitrogens with one attached hydrogen (secondary N) is 1. The number of anilines is 1. The molecule has 0 aliphatic rings. The Morgan fingerprint density at radius 2 is 1.59 bits per heavy atom. The molecule has 1 heterocycles. The second kappa shape index (κ2) is 9.92. The van der Waals surface area contributed by atoms with Gasteiger partial charge in [0.1, 0.15) is 5.75 Å². The number of benzene rings is 3. The van der Waals surface area contributed by atoms with E-state index < -0.39 is 17.7 Å². The number of ether oxygens (including phenoxy) is 1. The van der Waals surface area contributed by atoms with Gasteiger partial charge in [0.2, 0.25) is 5.91 Å². The van der Waals surface area contributed by atoms with Crippen LogP contribution in [0.15, 0.2) is 83.9 Å². The van der Waals surface area contributed by atoms with Crippen molar-refractivity contribution in [2.75, 3.05) is 12.4 Å². The second-order valence-electron chi connectivity index (χ2n) is 6.99. The van der Waals surface area contributed by atoms with E-state index in [1.807, 2.05) is 6.07 Å². The Labute approximate surface area is 198 Å². The van der Waals surface area contributed by atoms with Crippen molar-refractivity contribution in [1.29, 1.82) is 0 Å². The van der Waals surface area contributed by atoms with Crippen LogP contribution >= 0.6 is 11.5 Å². The molecule has 0 fully saturated rings. The lowest BCUT2D eigenvalue weighted by molar-refractivity contribution is 0.0990. The maximum Gasteiger partial charge on any atom is 0.279 e. The fourth-order valence-electron chi connectivity index (χ4n) is 2.96. The summed E-state index contributed by atoms with van der Waals surface area (Å²) in [6.45, 7) is 0. The van der Waals surface area contributed by atoms with E-state index in [1.165, 1.54) is 11.2 Å². The molecule has 3 aromatic carbocycles. The Morgan fingerprint density at radius 1 is 0.941 bits per heavy atom. The van der Waals surface area contributed by atoms with E-state index in [2.05, 4.69) is 15.4 Å². The monoisotopic (exact) mass is 473 g/mol. The molecular formula is C24H19N5O4S. The van der Waals surface area contributed by atoms with Gasteiger partial charge < -0.3 is 15.8 Å². The number of rotatable bonds is 6. The molecule has 0 aliphatic heterocycles. The molecule has 9 nitrogen and oxygen atoms in total. The number of primary amides is 1.